The van der Waals surface area contributed by atoms with E-state index in [2.05, 4.69) is 10.1 Å². The Bertz CT molecular complexity index is 1180. The molecule has 4 rings (SSSR count). The van der Waals surface area contributed by atoms with Crippen molar-refractivity contribution in [1.29, 1.82) is 0 Å². The van der Waals surface area contributed by atoms with E-state index >= 15 is 0 Å². The Morgan fingerprint density at radius 2 is 1.96 bits per heavy atom. The van der Waals surface area contributed by atoms with Gasteiger partial charge in [0.25, 0.3) is 0 Å². The molecule has 0 aliphatic carbocycles. The van der Waals surface area contributed by atoms with Crippen molar-refractivity contribution >= 4 is 26.8 Å². The summed E-state index contributed by atoms with van der Waals surface area (Å²) < 4.78 is 31.5. The molecule has 146 valence electrons. The lowest BCUT2D eigenvalue weighted by atomic mass is 10.2. The van der Waals surface area contributed by atoms with Crippen LogP contribution in [-0.4, -0.2) is 45.2 Å². The zero-order valence-corrected chi connectivity index (χ0v) is 15.7. The molecule has 28 heavy (non-hydrogen) atoms. The number of benzene rings is 1. The number of hydrogen-bond donors (Lipinski definition) is 0. The Morgan fingerprint density at radius 3 is 2.68 bits per heavy atom. The Morgan fingerprint density at radius 1 is 1.18 bits per heavy atom. The minimum absolute atomic E-state index is 0.00201. The van der Waals surface area contributed by atoms with Crippen molar-refractivity contribution in [3.8, 4) is 0 Å². The molecule has 3 aromatic rings. The van der Waals surface area contributed by atoms with Crippen molar-refractivity contribution < 1.29 is 17.9 Å². The van der Waals surface area contributed by atoms with Gasteiger partial charge < -0.3 is 4.74 Å². The molecule has 10 heteroatoms. The average Bonchev–Trinajstić information content (AvgIpc) is 3.26. The van der Waals surface area contributed by atoms with E-state index in [4.69, 9.17) is 4.74 Å². The lowest BCUT2D eigenvalue weighted by molar-refractivity contribution is -0.145. The van der Waals surface area contributed by atoms with Gasteiger partial charge in [0.15, 0.2) is 9.84 Å². The van der Waals surface area contributed by atoms with Crippen LogP contribution in [0.1, 0.15) is 18.0 Å². The van der Waals surface area contributed by atoms with Gasteiger partial charge in [-0.3, -0.25) is 14.0 Å². The molecule has 2 aromatic heterocycles. The average molecular weight is 402 g/mol. The molecule has 1 unspecified atom stereocenters. The van der Waals surface area contributed by atoms with Crippen LogP contribution in [0.4, 0.5) is 0 Å². The first kappa shape index (κ1) is 18.4. The van der Waals surface area contributed by atoms with E-state index in [1.807, 2.05) is 30.3 Å². The predicted molar refractivity (Wildman–Crippen MR) is 100 cm³/mol. The van der Waals surface area contributed by atoms with E-state index in [1.54, 1.807) is 4.68 Å². The third kappa shape index (κ3) is 3.68. The highest BCUT2D eigenvalue weighted by atomic mass is 32.2. The molecule has 0 N–H and O–H groups in total. The summed E-state index contributed by atoms with van der Waals surface area (Å²) in [6, 6.07) is 8.92. The van der Waals surface area contributed by atoms with Gasteiger partial charge in [-0.25, -0.2) is 13.2 Å². The number of hydrogen-bond acceptors (Lipinski definition) is 7. The van der Waals surface area contributed by atoms with Crippen LogP contribution in [-0.2, 0) is 32.5 Å². The van der Waals surface area contributed by atoms with E-state index in [-0.39, 0.29) is 30.7 Å². The molecular weight excluding hydrogens is 384 g/mol. The minimum atomic E-state index is -3.09. The third-order valence-electron chi connectivity index (χ3n) is 4.72. The molecule has 9 nitrogen and oxygen atoms in total. The summed E-state index contributed by atoms with van der Waals surface area (Å²) in [6.07, 6.45) is 3.27. The molecule has 0 amide bonds. The summed E-state index contributed by atoms with van der Waals surface area (Å²) >= 11 is 0. The molecule has 1 aromatic carbocycles. The molecule has 0 radical (unpaired) electrons. The zero-order chi connectivity index (χ0) is 19.7. The normalized spacial score (nSPS) is 18.4. The molecule has 3 heterocycles. The number of aromatic nitrogens is 4. The summed E-state index contributed by atoms with van der Waals surface area (Å²) in [7, 11) is -3.09. The molecule has 1 saturated heterocycles. The quantitative estimate of drug-likeness (QED) is 0.577. The highest BCUT2D eigenvalue weighted by molar-refractivity contribution is 7.91. The number of esters is 1. The van der Waals surface area contributed by atoms with Gasteiger partial charge in [0.05, 0.1) is 35.5 Å². The van der Waals surface area contributed by atoms with Crippen molar-refractivity contribution in [2.24, 2.45) is 0 Å². The highest BCUT2D eigenvalue weighted by Crippen LogP contribution is 2.26. The van der Waals surface area contributed by atoms with Crippen LogP contribution in [0.2, 0.25) is 0 Å². The third-order valence-corrected chi connectivity index (χ3v) is 6.47. The minimum Gasteiger partial charge on any atom is -0.459 e. The number of rotatable bonds is 5. The van der Waals surface area contributed by atoms with Gasteiger partial charge in [-0.1, -0.05) is 30.3 Å². The van der Waals surface area contributed by atoms with Crippen LogP contribution in [0.15, 0.2) is 47.5 Å². The lowest BCUT2D eigenvalue weighted by Gasteiger charge is -2.11. The van der Waals surface area contributed by atoms with Crippen molar-refractivity contribution in [2.45, 2.75) is 25.6 Å². The number of ether oxygens (including phenoxy) is 1. The first-order valence-corrected chi connectivity index (χ1v) is 10.6. The standard InChI is InChI=1S/C18H18N4O5S/c23-17(27-11-13-4-2-1-3-5-13)10-21-15-9-20-22(16(15)8-19-18(21)24)14-6-7-28(25,26)12-14/h1-5,8-9,14H,6-7,10-12H2. The summed E-state index contributed by atoms with van der Waals surface area (Å²) in [5.41, 5.74) is 1.18. The molecular formula is C18H18N4O5S. The van der Waals surface area contributed by atoms with E-state index in [0.29, 0.717) is 17.5 Å². The molecule has 1 atom stereocenters. The lowest BCUT2D eigenvalue weighted by Crippen LogP contribution is -2.27. The smallest absolute Gasteiger partial charge is 0.348 e. The topological polar surface area (TPSA) is 113 Å². The molecule has 0 bridgehead atoms. The summed E-state index contributed by atoms with van der Waals surface area (Å²) in [4.78, 5) is 28.2. The van der Waals surface area contributed by atoms with E-state index in [0.717, 1.165) is 5.56 Å². The number of nitrogens with zero attached hydrogens (tertiary/aromatic N) is 4. The maximum atomic E-state index is 12.2. The molecule has 0 saturated carbocycles. The Balaban J connectivity index is 1.56. The second-order valence-electron chi connectivity index (χ2n) is 6.69. The van der Waals surface area contributed by atoms with Crippen LogP contribution in [0.5, 0.6) is 0 Å². The fourth-order valence-corrected chi connectivity index (χ4v) is 5.00. The van der Waals surface area contributed by atoms with Gasteiger partial charge in [0, 0.05) is 0 Å². The van der Waals surface area contributed by atoms with Gasteiger partial charge >= 0.3 is 11.7 Å². The fraction of sp³-hybridized carbons (Fsp3) is 0.333. The van der Waals surface area contributed by atoms with Crippen LogP contribution in [0, 0.1) is 0 Å². The maximum Gasteiger partial charge on any atom is 0.348 e. The number of carbonyl (C=O) groups excluding carboxylic acids is 1. The van der Waals surface area contributed by atoms with Gasteiger partial charge in [0.1, 0.15) is 18.7 Å². The Kier molecular flexibility index (Phi) is 4.71. The molecule has 1 aliphatic heterocycles. The van der Waals surface area contributed by atoms with Gasteiger partial charge in [-0.05, 0) is 12.0 Å². The summed E-state index contributed by atoms with van der Waals surface area (Å²) in [6.45, 7) is -0.193. The Labute approximate surface area is 160 Å². The number of carbonyl (C=O) groups is 1. The van der Waals surface area contributed by atoms with E-state index < -0.39 is 21.5 Å². The molecule has 1 fully saturated rings. The first-order valence-electron chi connectivity index (χ1n) is 8.76. The molecule has 0 spiro atoms. The monoisotopic (exact) mass is 402 g/mol. The van der Waals surface area contributed by atoms with Gasteiger partial charge in [0.2, 0.25) is 0 Å². The fourth-order valence-electron chi connectivity index (χ4n) is 3.31. The van der Waals surface area contributed by atoms with E-state index in [9.17, 15) is 18.0 Å². The highest BCUT2D eigenvalue weighted by Gasteiger charge is 2.31. The molecule has 1 aliphatic rings. The van der Waals surface area contributed by atoms with Crippen molar-refractivity contribution in [2.75, 3.05) is 11.5 Å². The van der Waals surface area contributed by atoms with Crippen LogP contribution in [0.3, 0.4) is 0 Å². The van der Waals surface area contributed by atoms with Crippen LogP contribution in [0.25, 0.3) is 11.0 Å². The second-order valence-corrected chi connectivity index (χ2v) is 8.92. The van der Waals surface area contributed by atoms with Gasteiger partial charge in [-0.15, -0.1) is 0 Å². The van der Waals surface area contributed by atoms with Crippen molar-refractivity contribution in [3.05, 3.63) is 58.8 Å². The largest absolute Gasteiger partial charge is 0.459 e. The van der Waals surface area contributed by atoms with Crippen LogP contribution < -0.4 is 5.69 Å². The van der Waals surface area contributed by atoms with Crippen molar-refractivity contribution in [3.63, 3.8) is 0 Å². The second kappa shape index (κ2) is 7.19. The maximum absolute atomic E-state index is 12.2. The SMILES string of the molecule is O=C(Cn1c(=O)ncc2c1cnn2C1CCS(=O)(=O)C1)OCc1ccccc1. The predicted octanol–water partition coefficient (Wildman–Crippen LogP) is 0.696. The van der Waals surface area contributed by atoms with E-state index in [1.165, 1.54) is 17.0 Å². The Hall–Kier alpha value is -3.01. The first-order chi connectivity index (χ1) is 13.4. The number of sulfone groups is 1. The number of fused-ring (bicyclic) bond motifs is 1. The van der Waals surface area contributed by atoms with Crippen LogP contribution >= 0.6 is 0 Å². The van der Waals surface area contributed by atoms with Gasteiger partial charge in [-0.2, -0.15) is 10.1 Å². The zero-order valence-electron chi connectivity index (χ0n) is 14.9. The summed E-state index contributed by atoms with van der Waals surface area (Å²) in [5, 5.41) is 4.25. The summed E-state index contributed by atoms with van der Waals surface area (Å²) in [5.74, 6) is -0.462. The van der Waals surface area contributed by atoms with Crippen molar-refractivity contribution in [1.82, 2.24) is 19.3 Å².